The highest BCUT2D eigenvalue weighted by atomic mass is 16.5. The van der Waals surface area contributed by atoms with E-state index in [1.54, 1.807) is 14.2 Å². The van der Waals surface area contributed by atoms with Gasteiger partial charge in [0.2, 0.25) is 0 Å². The Labute approximate surface area is 163 Å². The van der Waals surface area contributed by atoms with E-state index in [4.69, 9.17) is 14.6 Å². The molecule has 0 aliphatic heterocycles. The van der Waals surface area contributed by atoms with Crippen molar-refractivity contribution in [1.29, 1.82) is 0 Å². The predicted molar refractivity (Wildman–Crippen MR) is 107 cm³/mol. The number of aliphatic carboxylic acids is 1. The van der Waals surface area contributed by atoms with Gasteiger partial charge in [-0.25, -0.2) is 0 Å². The fourth-order valence-corrected chi connectivity index (χ4v) is 3.62. The Morgan fingerprint density at radius 2 is 2.04 bits per heavy atom. The number of methoxy groups -OCH3 is 2. The zero-order chi connectivity index (χ0) is 20.1. The van der Waals surface area contributed by atoms with Gasteiger partial charge in [-0.05, 0) is 25.7 Å². The largest absolute Gasteiger partial charge is 0.481 e. The van der Waals surface area contributed by atoms with Gasteiger partial charge in [0.05, 0.1) is 12.2 Å². The van der Waals surface area contributed by atoms with Crippen molar-refractivity contribution in [3.05, 3.63) is 24.3 Å². The number of ketones is 1. The first-order valence-corrected chi connectivity index (χ1v) is 10.2. The van der Waals surface area contributed by atoms with E-state index in [0.717, 1.165) is 19.3 Å². The predicted octanol–water partition coefficient (Wildman–Crippen LogP) is 4.56. The van der Waals surface area contributed by atoms with Gasteiger partial charge in [-0.15, -0.1) is 0 Å². The number of allylic oxidation sites excluding steroid dienone is 2. The maximum atomic E-state index is 12.4. The second-order valence-electron chi connectivity index (χ2n) is 7.28. The van der Waals surface area contributed by atoms with Gasteiger partial charge < -0.3 is 14.6 Å². The lowest BCUT2D eigenvalue weighted by molar-refractivity contribution is -0.137. The SMILES string of the molecule is CCCCC[C@@H](C=C[C@H]1[C@H](OC)CC(=O)[C@@H]1CC=CCCCC(=O)O)OC. The summed E-state index contributed by atoms with van der Waals surface area (Å²) in [4.78, 5) is 23.0. The van der Waals surface area contributed by atoms with Gasteiger partial charge in [-0.2, -0.15) is 0 Å². The van der Waals surface area contributed by atoms with E-state index in [1.165, 1.54) is 12.8 Å². The van der Waals surface area contributed by atoms with Crippen LogP contribution in [0.5, 0.6) is 0 Å². The van der Waals surface area contributed by atoms with Gasteiger partial charge in [0.15, 0.2) is 0 Å². The number of unbranched alkanes of at least 4 members (excludes halogenated alkanes) is 3. The van der Waals surface area contributed by atoms with Crippen molar-refractivity contribution in [2.45, 2.75) is 76.9 Å². The van der Waals surface area contributed by atoms with Crippen LogP contribution in [0.15, 0.2) is 24.3 Å². The summed E-state index contributed by atoms with van der Waals surface area (Å²) in [7, 11) is 3.39. The number of hydrogen-bond acceptors (Lipinski definition) is 4. The molecule has 154 valence electrons. The average molecular weight is 381 g/mol. The third-order valence-corrected chi connectivity index (χ3v) is 5.27. The maximum absolute atomic E-state index is 12.4. The van der Waals surface area contributed by atoms with Crippen molar-refractivity contribution in [1.82, 2.24) is 0 Å². The number of rotatable bonds is 14. The van der Waals surface area contributed by atoms with Crippen LogP contribution >= 0.6 is 0 Å². The number of Topliss-reactive ketones (excluding diaryl/α,β-unsaturated/α-hetero) is 1. The topological polar surface area (TPSA) is 72.8 Å². The van der Waals surface area contributed by atoms with Gasteiger partial charge in [-0.1, -0.05) is 50.5 Å². The molecule has 1 rings (SSSR count). The van der Waals surface area contributed by atoms with Crippen LogP contribution in [0.3, 0.4) is 0 Å². The third kappa shape index (κ3) is 8.85. The first-order chi connectivity index (χ1) is 13.0. The molecule has 0 aromatic heterocycles. The summed E-state index contributed by atoms with van der Waals surface area (Å²) in [6, 6.07) is 0. The molecule has 0 heterocycles. The molecular weight excluding hydrogens is 344 g/mol. The Kier molecular flexibility index (Phi) is 11.9. The zero-order valence-electron chi connectivity index (χ0n) is 17.1. The maximum Gasteiger partial charge on any atom is 0.303 e. The van der Waals surface area contributed by atoms with Crippen LogP contribution in [-0.2, 0) is 19.1 Å². The Bertz CT molecular complexity index is 497. The lowest BCUT2D eigenvalue weighted by Crippen LogP contribution is -2.20. The summed E-state index contributed by atoms with van der Waals surface area (Å²) < 4.78 is 11.1. The van der Waals surface area contributed by atoms with Crippen LogP contribution in [0, 0.1) is 11.8 Å². The van der Waals surface area contributed by atoms with Gasteiger partial charge in [0.25, 0.3) is 0 Å². The average Bonchev–Trinajstić information content (AvgIpc) is 2.95. The molecule has 1 aliphatic carbocycles. The lowest BCUT2D eigenvalue weighted by atomic mass is 9.90. The quantitative estimate of drug-likeness (QED) is 0.353. The molecule has 1 fully saturated rings. The fraction of sp³-hybridized carbons (Fsp3) is 0.727. The summed E-state index contributed by atoms with van der Waals surface area (Å²) in [6.07, 6.45) is 15.4. The van der Waals surface area contributed by atoms with Crippen molar-refractivity contribution in [3.63, 3.8) is 0 Å². The first kappa shape index (κ1) is 23.6. The molecule has 1 saturated carbocycles. The summed E-state index contributed by atoms with van der Waals surface area (Å²) in [5.41, 5.74) is 0. The molecule has 0 aromatic carbocycles. The molecule has 0 spiro atoms. The van der Waals surface area contributed by atoms with Crippen molar-refractivity contribution in [2.24, 2.45) is 11.8 Å². The van der Waals surface area contributed by atoms with Crippen molar-refractivity contribution in [2.75, 3.05) is 14.2 Å². The lowest BCUT2D eigenvalue weighted by Gasteiger charge is -2.20. The molecule has 1 N–H and O–H groups in total. The number of carbonyl (C=O) groups excluding carboxylic acids is 1. The number of carbonyl (C=O) groups is 2. The number of carboxylic acids is 1. The van der Waals surface area contributed by atoms with Crippen LogP contribution in [-0.4, -0.2) is 43.3 Å². The highest BCUT2D eigenvalue weighted by Gasteiger charge is 2.40. The van der Waals surface area contributed by atoms with Gasteiger partial charge in [0, 0.05) is 38.9 Å². The molecular formula is C22H36O5. The smallest absolute Gasteiger partial charge is 0.303 e. The molecule has 0 amide bonds. The monoisotopic (exact) mass is 380 g/mol. The van der Waals surface area contributed by atoms with Gasteiger partial charge in [0.1, 0.15) is 5.78 Å². The summed E-state index contributed by atoms with van der Waals surface area (Å²) in [6.45, 7) is 2.19. The van der Waals surface area contributed by atoms with Crippen molar-refractivity contribution >= 4 is 11.8 Å². The van der Waals surface area contributed by atoms with Gasteiger partial charge in [-0.3, -0.25) is 9.59 Å². The molecule has 5 heteroatoms. The minimum atomic E-state index is -0.769. The molecule has 5 nitrogen and oxygen atoms in total. The Balaban J connectivity index is 2.62. The summed E-state index contributed by atoms with van der Waals surface area (Å²) in [5.74, 6) is -0.536. The fourth-order valence-electron chi connectivity index (χ4n) is 3.62. The van der Waals surface area contributed by atoms with E-state index in [9.17, 15) is 9.59 Å². The third-order valence-electron chi connectivity index (χ3n) is 5.27. The van der Waals surface area contributed by atoms with E-state index < -0.39 is 5.97 Å². The highest BCUT2D eigenvalue weighted by molar-refractivity contribution is 5.84. The van der Waals surface area contributed by atoms with Crippen LogP contribution in [0.1, 0.15) is 64.7 Å². The molecule has 0 radical (unpaired) electrons. The van der Waals surface area contributed by atoms with E-state index >= 15 is 0 Å². The Morgan fingerprint density at radius 1 is 1.26 bits per heavy atom. The summed E-state index contributed by atoms with van der Waals surface area (Å²) in [5, 5.41) is 8.66. The second-order valence-corrected chi connectivity index (χ2v) is 7.28. The van der Waals surface area contributed by atoms with Crippen LogP contribution in [0.25, 0.3) is 0 Å². The van der Waals surface area contributed by atoms with Crippen LogP contribution in [0.2, 0.25) is 0 Å². The molecule has 0 unspecified atom stereocenters. The first-order valence-electron chi connectivity index (χ1n) is 10.2. The number of carboxylic acid groups (broad SMARTS) is 1. The number of ether oxygens (including phenoxy) is 2. The van der Waals surface area contributed by atoms with E-state index in [-0.39, 0.29) is 36.2 Å². The minimum absolute atomic E-state index is 0.0648. The second kappa shape index (κ2) is 13.7. The molecule has 4 atom stereocenters. The zero-order valence-corrected chi connectivity index (χ0v) is 17.1. The minimum Gasteiger partial charge on any atom is -0.481 e. The van der Waals surface area contributed by atoms with E-state index in [2.05, 4.69) is 19.1 Å². The molecule has 27 heavy (non-hydrogen) atoms. The van der Waals surface area contributed by atoms with Crippen LogP contribution < -0.4 is 0 Å². The van der Waals surface area contributed by atoms with Crippen molar-refractivity contribution in [3.8, 4) is 0 Å². The number of hydrogen-bond donors (Lipinski definition) is 1. The molecule has 1 aliphatic rings. The normalized spacial score (nSPS) is 24.3. The molecule has 0 bridgehead atoms. The molecule has 0 saturated heterocycles. The van der Waals surface area contributed by atoms with Crippen molar-refractivity contribution < 1.29 is 24.2 Å². The van der Waals surface area contributed by atoms with E-state index in [1.807, 2.05) is 12.2 Å². The Morgan fingerprint density at radius 3 is 2.67 bits per heavy atom. The Hall–Kier alpha value is -1.46. The highest BCUT2D eigenvalue weighted by Crippen LogP contribution is 2.35. The standard InChI is InChI=1S/C22H36O5/c1-4-5-8-11-17(26-2)14-15-19-18(20(23)16-21(19)27-3)12-9-6-7-10-13-22(24)25/h6,9,14-15,17-19,21H,4-5,7-8,10-13,16H2,1-3H3,(H,24,25)/t17-,18+,19+,21+/m0/s1. The molecule has 0 aromatic rings. The van der Waals surface area contributed by atoms with E-state index in [0.29, 0.717) is 19.3 Å². The summed E-state index contributed by atoms with van der Waals surface area (Å²) >= 11 is 0. The van der Waals surface area contributed by atoms with Gasteiger partial charge >= 0.3 is 5.97 Å². The van der Waals surface area contributed by atoms with Crippen LogP contribution in [0.4, 0.5) is 0 Å².